The molecule has 4 nitrogen and oxygen atoms in total. The number of hydrogen-bond acceptors (Lipinski definition) is 2. The number of nitrogens with one attached hydrogen (secondary N) is 2. The minimum Gasteiger partial charge on any atom is -0.337 e. The van der Waals surface area contributed by atoms with Crippen LogP contribution in [-0.2, 0) is 10.8 Å². The molecule has 0 saturated heterocycles. The van der Waals surface area contributed by atoms with E-state index in [0.717, 1.165) is 12.3 Å². The van der Waals surface area contributed by atoms with E-state index in [1.165, 1.54) is 25.7 Å². The van der Waals surface area contributed by atoms with Crippen molar-refractivity contribution in [2.45, 2.75) is 52.0 Å². The quantitative estimate of drug-likeness (QED) is 0.755. The van der Waals surface area contributed by atoms with Crippen molar-refractivity contribution in [2.75, 3.05) is 18.6 Å². The highest BCUT2D eigenvalue weighted by Crippen LogP contribution is 2.30. The molecule has 0 unspecified atom stereocenters. The van der Waals surface area contributed by atoms with E-state index in [2.05, 4.69) is 24.5 Å². The van der Waals surface area contributed by atoms with E-state index >= 15 is 0 Å². The first kappa shape index (κ1) is 16.5. The summed E-state index contributed by atoms with van der Waals surface area (Å²) in [5.74, 6) is 1.89. The Morgan fingerprint density at radius 3 is 2.74 bits per heavy atom. The molecule has 5 heteroatoms. The van der Waals surface area contributed by atoms with E-state index < -0.39 is 10.8 Å². The first-order valence-electron chi connectivity index (χ1n) is 7.33. The number of carbonyl (C=O) groups is 1. The van der Waals surface area contributed by atoms with Crippen LogP contribution in [0.4, 0.5) is 4.79 Å². The van der Waals surface area contributed by atoms with Gasteiger partial charge in [-0.2, -0.15) is 0 Å². The second kappa shape index (κ2) is 8.56. The Balaban J connectivity index is 2.25. The van der Waals surface area contributed by atoms with E-state index in [0.29, 0.717) is 24.3 Å². The van der Waals surface area contributed by atoms with Crippen molar-refractivity contribution in [3.05, 3.63) is 0 Å². The number of hydrogen-bond donors (Lipinski definition) is 2. The fraction of sp³-hybridized carbons (Fsp3) is 0.929. The van der Waals surface area contributed by atoms with Gasteiger partial charge in [0.25, 0.3) is 0 Å². The summed E-state index contributed by atoms with van der Waals surface area (Å²) in [6.45, 7) is 4.97. The Labute approximate surface area is 119 Å². The predicted octanol–water partition coefficient (Wildman–Crippen LogP) is 2.27. The summed E-state index contributed by atoms with van der Waals surface area (Å²) in [7, 11) is -0.844. The SMILES string of the molecule is CC(C)CC[C@H]1CCC[C@@H]1NC(=O)NCC[S@](C)=O. The van der Waals surface area contributed by atoms with Crippen molar-refractivity contribution in [3.63, 3.8) is 0 Å². The molecule has 0 bridgehead atoms. The van der Waals surface area contributed by atoms with Crippen LogP contribution < -0.4 is 10.6 Å². The minimum atomic E-state index is -0.844. The molecule has 1 rings (SSSR count). The minimum absolute atomic E-state index is 0.105. The second-order valence-corrected chi connectivity index (χ2v) is 7.50. The number of rotatable bonds is 7. The summed E-state index contributed by atoms with van der Waals surface area (Å²) in [6.07, 6.45) is 7.64. The molecule has 0 aliphatic heterocycles. The monoisotopic (exact) mass is 288 g/mol. The van der Waals surface area contributed by atoms with Gasteiger partial charge in [-0.25, -0.2) is 4.79 Å². The molecule has 1 saturated carbocycles. The number of urea groups is 1. The van der Waals surface area contributed by atoms with Gasteiger partial charge < -0.3 is 10.6 Å². The number of amides is 2. The van der Waals surface area contributed by atoms with Crippen molar-refractivity contribution < 1.29 is 9.00 Å². The molecule has 2 amide bonds. The molecule has 1 aliphatic carbocycles. The van der Waals surface area contributed by atoms with Gasteiger partial charge in [0, 0.05) is 35.4 Å². The molecule has 1 aliphatic rings. The fourth-order valence-electron chi connectivity index (χ4n) is 2.65. The molecular weight excluding hydrogens is 260 g/mol. The highest BCUT2D eigenvalue weighted by molar-refractivity contribution is 7.84. The normalized spacial score (nSPS) is 24.4. The Morgan fingerprint density at radius 2 is 2.11 bits per heavy atom. The lowest BCUT2D eigenvalue weighted by Crippen LogP contribution is -2.44. The van der Waals surface area contributed by atoms with Crippen LogP contribution in [0.5, 0.6) is 0 Å². The molecule has 0 aromatic heterocycles. The molecule has 0 aromatic carbocycles. The van der Waals surface area contributed by atoms with E-state index in [1.807, 2.05) is 0 Å². The lowest BCUT2D eigenvalue weighted by atomic mass is 9.94. The molecule has 1 fully saturated rings. The molecule has 0 aromatic rings. The molecule has 0 spiro atoms. The lowest BCUT2D eigenvalue weighted by Gasteiger charge is -2.22. The Bertz CT molecular complexity index is 308. The van der Waals surface area contributed by atoms with Gasteiger partial charge in [-0.05, 0) is 31.1 Å². The van der Waals surface area contributed by atoms with Gasteiger partial charge in [-0.15, -0.1) is 0 Å². The van der Waals surface area contributed by atoms with Crippen molar-refractivity contribution in [3.8, 4) is 0 Å². The predicted molar refractivity (Wildman–Crippen MR) is 80.7 cm³/mol. The highest BCUT2D eigenvalue weighted by Gasteiger charge is 2.28. The van der Waals surface area contributed by atoms with Gasteiger partial charge in [0.15, 0.2) is 0 Å². The molecule has 0 radical (unpaired) electrons. The van der Waals surface area contributed by atoms with Gasteiger partial charge in [0.05, 0.1) is 0 Å². The topological polar surface area (TPSA) is 58.2 Å². The van der Waals surface area contributed by atoms with Gasteiger partial charge in [-0.1, -0.05) is 26.7 Å². The Kier molecular flexibility index (Phi) is 7.42. The van der Waals surface area contributed by atoms with Crippen LogP contribution in [0.15, 0.2) is 0 Å². The third-order valence-corrected chi connectivity index (χ3v) is 4.54. The molecule has 3 atom stereocenters. The average molecular weight is 288 g/mol. The summed E-state index contributed by atoms with van der Waals surface area (Å²) in [5, 5.41) is 5.86. The third kappa shape index (κ3) is 6.95. The van der Waals surface area contributed by atoms with Crippen LogP contribution in [0.25, 0.3) is 0 Å². The maximum absolute atomic E-state index is 11.7. The standard InChI is InChI=1S/C14H28N2O2S/c1-11(2)7-8-12-5-4-6-13(12)16-14(17)15-9-10-19(3)18/h11-13H,4-10H2,1-3H3,(H2,15,16,17)/t12-,13+,19+/m1/s1. The largest absolute Gasteiger partial charge is 0.337 e. The van der Waals surface area contributed by atoms with Crippen molar-refractivity contribution in [1.82, 2.24) is 10.6 Å². The molecule has 0 heterocycles. The summed E-state index contributed by atoms with van der Waals surface area (Å²) < 4.78 is 10.9. The fourth-order valence-corrected chi connectivity index (χ4v) is 3.04. The zero-order valence-electron chi connectivity index (χ0n) is 12.4. The third-order valence-electron chi connectivity index (χ3n) is 3.77. The van der Waals surface area contributed by atoms with Gasteiger partial charge in [-0.3, -0.25) is 4.21 Å². The van der Waals surface area contributed by atoms with Crippen LogP contribution in [0, 0.1) is 11.8 Å². The molecular formula is C14H28N2O2S. The molecule has 2 N–H and O–H groups in total. The Hall–Kier alpha value is -0.580. The van der Waals surface area contributed by atoms with Crippen molar-refractivity contribution in [2.24, 2.45) is 11.8 Å². The van der Waals surface area contributed by atoms with Crippen LogP contribution in [0.1, 0.15) is 46.0 Å². The maximum Gasteiger partial charge on any atom is 0.315 e. The van der Waals surface area contributed by atoms with E-state index in [9.17, 15) is 9.00 Å². The summed E-state index contributed by atoms with van der Waals surface area (Å²) in [4.78, 5) is 11.7. The van der Waals surface area contributed by atoms with Crippen LogP contribution in [-0.4, -0.2) is 34.8 Å². The summed E-state index contributed by atoms with van der Waals surface area (Å²) >= 11 is 0. The van der Waals surface area contributed by atoms with E-state index in [4.69, 9.17) is 0 Å². The molecule has 112 valence electrons. The first-order chi connectivity index (χ1) is 8.99. The van der Waals surface area contributed by atoms with E-state index in [-0.39, 0.29) is 6.03 Å². The van der Waals surface area contributed by atoms with E-state index in [1.54, 1.807) is 6.26 Å². The zero-order valence-corrected chi connectivity index (χ0v) is 13.2. The zero-order chi connectivity index (χ0) is 14.3. The van der Waals surface area contributed by atoms with Crippen molar-refractivity contribution >= 4 is 16.8 Å². The molecule has 19 heavy (non-hydrogen) atoms. The summed E-state index contributed by atoms with van der Waals surface area (Å²) in [5.41, 5.74) is 0. The second-order valence-electron chi connectivity index (χ2n) is 5.95. The Morgan fingerprint density at radius 1 is 1.37 bits per heavy atom. The van der Waals surface area contributed by atoms with Crippen molar-refractivity contribution in [1.29, 1.82) is 0 Å². The van der Waals surface area contributed by atoms with Gasteiger partial charge in [0.1, 0.15) is 0 Å². The smallest absolute Gasteiger partial charge is 0.315 e. The lowest BCUT2D eigenvalue weighted by molar-refractivity contribution is 0.232. The highest BCUT2D eigenvalue weighted by atomic mass is 32.2. The number of carbonyl (C=O) groups excluding carboxylic acids is 1. The maximum atomic E-state index is 11.7. The van der Waals surface area contributed by atoms with Crippen LogP contribution in [0.3, 0.4) is 0 Å². The average Bonchev–Trinajstić information content (AvgIpc) is 2.73. The first-order valence-corrected chi connectivity index (χ1v) is 9.06. The summed E-state index contributed by atoms with van der Waals surface area (Å²) in [6, 6.07) is 0.220. The van der Waals surface area contributed by atoms with Crippen LogP contribution in [0.2, 0.25) is 0 Å². The van der Waals surface area contributed by atoms with Gasteiger partial charge >= 0.3 is 6.03 Å². The van der Waals surface area contributed by atoms with Gasteiger partial charge in [0.2, 0.25) is 0 Å². The van der Waals surface area contributed by atoms with Crippen LogP contribution >= 0.6 is 0 Å².